The van der Waals surface area contributed by atoms with E-state index in [-0.39, 0.29) is 18.7 Å². The molecule has 1 saturated heterocycles. The number of hydrogen-bond acceptors (Lipinski definition) is 8. The van der Waals surface area contributed by atoms with Gasteiger partial charge in [-0.05, 0) is 6.42 Å². The maximum Gasteiger partial charge on any atom is 0.351 e. The second-order valence-electron chi connectivity index (χ2n) is 4.96. The van der Waals surface area contributed by atoms with Gasteiger partial charge in [-0.15, -0.1) is 0 Å². The fraction of sp³-hybridized carbons (Fsp3) is 0.583. The molecule has 1 aromatic heterocycles. The lowest BCUT2D eigenvalue weighted by Gasteiger charge is -2.18. The molecule has 0 unspecified atom stereocenters. The summed E-state index contributed by atoms with van der Waals surface area (Å²) in [5.74, 6) is -1.14. The van der Waals surface area contributed by atoms with Crippen LogP contribution in [-0.2, 0) is 16.0 Å². The number of aliphatic hydroxyl groups is 3. The van der Waals surface area contributed by atoms with Crippen LogP contribution in [0.3, 0.4) is 0 Å². The first-order valence-electron chi connectivity index (χ1n) is 6.57. The number of aliphatic carboxylic acids is 1. The lowest BCUT2D eigenvalue weighted by Crippen LogP contribution is -2.36. The van der Waals surface area contributed by atoms with E-state index in [1.165, 1.54) is 6.20 Å². The van der Waals surface area contributed by atoms with Crippen LogP contribution in [0, 0.1) is 0 Å². The predicted octanol–water partition coefficient (Wildman–Crippen LogP) is -2.55. The molecule has 4 atom stereocenters. The van der Waals surface area contributed by atoms with Gasteiger partial charge in [0, 0.05) is 18.2 Å². The highest BCUT2D eigenvalue weighted by Gasteiger charge is 2.43. The van der Waals surface area contributed by atoms with Gasteiger partial charge in [-0.25, -0.2) is 4.79 Å². The number of ether oxygens (including phenoxy) is 1. The van der Waals surface area contributed by atoms with Crippen LogP contribution < -0.4 is 11.4 Å². The third-order valence-corrected chi connectivity index (χ3v) is 3.46. The molecular weight excluding hydrogens is 298 g/mol. The van der Waals surface area contributed by atoms with Crippen molar-refractivity contribution in [1.29, 1.82) is 0 Å². The van der Waals surface area contributed by atoms with Crippen molar-refractivity contribution in [3.8, 4) is 0 Å². The number of nitrogens with zero attached hydrogens (tertiary/aromatic N) is 2. The van der Waals surface area contributed by atoms with Crippen molar-refractivity contribution in [2.24, 2.45) is 0 Å². The Labute approximate surface area is 124 Å². The molecule has 1 aliphatic heterocycles. The molecule has 0 spiro atoms. The second kappa shape index (κ2) is 6.40. The van der Waals surface area contributed by atoms with Crippen molar-refractivity contribution in [1.82, 2.24) is 9.55 Å². The number of aromatic nitrogens is 2. The van der Waals surface area contributed by atoms with Crippen LogP contribution in [0.1, 0.15) is 18.2 Å². The molecule has 2 heterocycles. The molecule has 22 heavy (non-hydrogen) atoms. The molecule has 1 fully saturated rings. The fourth-order valence-electron chi connectivity index (χ4n) is 2.25. The third-order valence-electron chi connectivity index (χ3n) is 3.46. The first kappa shape index (κ1) is 16.4. The summed E-state index contributed by atoms with van der Waals surface area (Å²) in [6, 6.07) is 0. The second-order valence-corrected chi connectivity index (χ2v) is 4.96. The molecule has 6 N–H and O–H groups in total. The van der Waals surface area contributed by atoms with E-state index >= 15 is 0 Å². The van der Waals surface area contributed by atoms with Crippen molar-refractivity contribution in [2.75, 3.05) is 12.3 Å². The van der Waals surface area contributed by atoms with E-state index in [0.717, 1.165) is 4.57 Å². The van der Waals surface area contributed by atoms with Crippen LogP contribution in [0.2, 0.25) is 0 Å². The van der Waals surface area contributed by atoms with E-state index in [1.54, 1.807) is 0 Å². The molecule has 122 valence electrons. The van der Waals surface area contributed by atoms with Gasteiger partial charge in [-0.1, -0.05) is 0 Å². The summed E-state index contributed by atoms with van der Waals surface area (Å²) < 4.78 is 6.17. The number of carboxylic acids is 1. The first-order valence-corrected chi connectivity index (χ1v) is 6.57. The Bertz CT molecular complexity index is 617. The number of nitrogen functional groups attached to an aromatic ring is 1. The van der Waals surface area contributed by atoms with E-state index < -0.39 is 42.8 Å². The van der Waals surface area contributed by atoms with Crippen LogP contribution in [0.25, 0.3) is 0 Å². The number of anilines is 1. The Morgan fingerprint density at radius 3 is 2.64 bits per heavy atom. The fourth-order valence-corrected chi connectivity index (χ4v) is 2.25. The van der Waals surface area contributed by atoms with E-state index in [9.17, 15) is 19.8 Å². The zero-order valence-corrected chi connectivity index (χ0v) is 11.5. The number of carbonyl (C=O) groups is 1. The lowest BCUT2D eigenvalue weighted by molar-refractivity contribution is -0.136. The molecule has 0 bridgehead atoms. The summed E-state index contributed by atoms with van der Waals surface area (Å²) in [5.41, 5.74) is 5.07. The van der Waals surface area contributed by atoms with E-state index in [4.69, 9.17) is 20.7 Å². The smallest absolute Gasteiger partial charge is 0.351 e. The highest BCUT2D eigenvalue weighted by molar-refractivity contribution is 5.67. The predicted molar refractivity (Wildman–Crippen MR) is 71.9 cm³/mol. The monoisotopic (exact) mass is 315 g/mol. The Hall–Kier alpha value is -2.01. The molecule has 0 aromatic carbocycles. The topological polar surface area (TPSA) is 168 Å². The molecular formula is C12H17N3O7. The Balaban J connectivity index is 2.33. The maximum absolute atomic E-state index is 11.9. The van der Waals surface area contributed by atoms with Gasteiger partial charge in [0.25, 0.3) is 0 Å². The minimum absolute atomic E-state index is 0.0449. The number of aliphatic hydroxyl groups excluding tert-OH is 3. The lowest BCUT2D eigenvalue weighted by atomic mass is 10.1. The standard InChI is InChI=1S/C12H17N3O7/c13-10-5(1-2-7(17)18)3-15(12(21)14-10)11-9(20)8(19)6(4-16)22-11/h3,6,8-9,11,16,19-20H,1-2,4H2,(H,17,18)(H2,13,14,21)/t6-,8-,9-,11-/m1/s1. The van der Waals surface area contributed by atoms with Crippen LogP contribution in [0.15, 0.2) is 11.0 Å². The molecule has 0 saturated carbocycles. The molecule has 1 aliphatic rings. The third kappa shape index (κ3) is 3.09. The summed E-state index contributed by atoms with van der Waals surface area (Å²) >= 11 is 0. The summed E-state index contributed by atoms with van der Waals surface area (Å²) in [7, 11) is 0. The van der Waals surface area contributed by atoms with Gasteiger partial charge in [-0.3, -0.25) is 9.36 Å². The highest BCUT2D eigenvalue weighted by atomic mass is 16.6. The molecule has 2 rings (SSSR count). The first-order chi connectivity index (χ1) is 10.3. The van der Waals surface area contributed by atoms with Crippen molar-refractivity contribution in [2.45, 2.75) is 37.4 Å². The molecule has 10 nitrogen and oxygen atoms in total. The van der Waals surface area contributed by atoms with Crippen LogP contribution in [0.5, 0.6) is 0 Å². The maximum atomic E-state index is 11.9. The van der Waals surface area contributed by atoms with Gasteiger partial charge in [-0.2, -0.15) is 4.98 Å². The zero-order valence-electron chi connectivity index (χ0n) is 11.5. The molecule has 0 aliphatic carbocycles. The van der Waals surface area contributed by atoms with Crippen molar-refractivity contribution in [3.05, 3.63) is 22.2 Å². The van der Waals surface area contributed by atoms with E-state index in [2.05, 4.69) is 4.98 Å². The zero-order chi connectivity index (χ0) is 16.4. The average Bonchev–Trinajstić information content (AvgIpc) is 2.74. The number of hydrogen-bond donors (Lipinski definition) is 5. The van der Waals surface area contributed by atoms with Crippen molar-refractivity contribution >= 4 is 11.8 Å². The van der Waals surface area contributed by atoms with Gasteiger partial charge in [0.1, 0.15) is 24.1 Å². The molecule has 10 heteroatoms. The van der Waals surface area contributed by atoms with Gasteiger partial charge in [0.15, 0.2) is 6.23 Å². The van der Waals surface area contributed by atoms with Gasteiger partial charge in [0.05, 0.1) is 6.61 Å². The Morgan fingerprint density at radius 1 is 1.41 bits per heavy atom. The number of carboxylic acid groups (broad SMARTS) is 1. The number of aryl methyl sites for hydroxylation is 1. The highest BCUT2D eigenvalue weighted by Crippen LogP contribution is 2.28. The van der Waals surface area contributed by atoms with Crippen LogP contribution in [0.4, 0.5) is 5.82 Å². The SMILES string of the molecule is Nc1nc(=O)n([C@@H]2O[C@H](CO)[C@@H](O)[C@H]2O)cc1CCC(=O)O. The summed E-state index contributed by atoms with van der Waals surface area (Å²) in [4.78, 5) is 26.1. The Kier molecular flexibility index (Phi) is 4.76. The summed E-state index contributed by atoms with van der Waals surface area (Å²) in [5, 5.41) is 37.4. The largest absolute Gasteiger partial charge is 0.481 e. The Morgan fingerprint density at radius 2 is 2.09 bits per heavy atom. The van der Waals surface area contributed by atoms with Crippen LogP contribution >= 0.6 is 0 Å². The van der Waals surface area contributed by atoms with Crippen LogP contribution in [-0.4, -0.2) is 60.9 Å². The number of rotatable bonds is 5. The average molecular weight is 315 g/mol. The minimum Gasteiger partial charge on any atom is -0.481 e. The van der Waals surface area contributed by atoms with Crippen molar-refractivity contribution in [3.63, 3.8) is 0 Å². The summed E-state index contributed by atoms with van der Waals surface area (Å²) in [6.07, 6.45) is -3.99. The minimum atomic E-state index is -1.44. The van der Waals surface area contributed by atoms with E-state index in [0.29, 0.717) is 5.56 Å². The van der Waals surface area contributed by atoms with Gasteiger partial charge < -0.3 is 30.9 Å². The van der Waals surface area contributed by atoms with Gasteiger partial charge >= 0.3 is 11.7 Å². The van der Waals surface area contributed by atoms with Crippen molar-refractivity contribution < 1.29 is 30.0 Å². The molecule has 0 amide bonds. The van der Waals surface area contributed by atoms with E-state index in [1.807, 2.05) is 0 Å². The molecule has 1 aromatic rings. The van der Waals surface area contributed by atoms with Gasteiger partial charge in [0.2, 0.25) is 0 Å². The quantitative estimate of drug-likeness (QED) is 0.393. The molecule has 0 radical (unpaired) electrons. The normalized spacial score (nSPS) is 28.0. The number of nitrogens with two attached hydrogens (primary N) is 1. The summed E-state index contributed by atoms with van der Waals surface area (Å²) in [6.45, 7) is -0.530.